The fourth-order valence-electron chi connectivity index (χ4n) is 5.07. The van der Waals surface area contributed by atoms with Crippen molar-refractivity contribution in [2.75, 3.05) is 19.8 Å². The second-order valence-electron chi connectivity index (χ2n) is 13.2. The molecule has 0 aromatic heterocycles. The van der Waals surface area contributed by atoms with Gasteiger partial charge in [-0.05, 0) is 55.1 Å². The summed E-state index contributed by atoms with van der Waals surface area (Å²) in [5, 5.41) is 6.14. The molecule has 11 heteroatoms. The molecule has 10 nitrogen and oxygen atoms in total. The van der Waals surface area contributed by atoms with Crippen molar-refractivity contribution >= 4 is 33.4 Å². The van der Waals surface area contributed by atoms with Crippen LogP contribution in [0.2, 0.25) is 0 Å². The van der Waals surface area contributed by atoms with Gasteiger partial charge in [0.1, 0.15) is 6.04 Å². The second kappa shape index (κ2) is 14.4. The molecule has 3 atom stereocenters. The fourth-order valence-corrected chi connectivity index (χ4v) is 6.09. The summed E-state index contributed by atoms with van der Waals surface area (Å²) in [6.45, 7) is 14.9. The SMILES string of the molecule is CN[C@H](C(=O)NC(C(=O)N(C)[C@H](/C=C(\C)C(=O)NS(=O)(=O)c1ccc(N)cc1)C(C)C)C(C)(C)C)C(C)(C)c1ccccc1. The van der Waals surface area contributed by atoms with Crippen molar-refractivity contribution in [2.45, 2.75) is 83.8 Å². The Hall–Kier alpha value is -3.70. The molecular formula is C33H49N5O5S. The lowest BCUT2D eigenvalue weighted by molar-refractivity contribution is -0.140. The molecule has 0 aliphatic rings. The lowest BCUT2D eigenvalue weighted by Gasteiger charge is -2.40. The van der Waals surface area contributed by atoms with Gasteiger partial charge in [0.15, 0.2) is 0 Å². The number of anilines is 1. The van der Waals surface area contributed by atoms with Gasteiger partial charge in [-0.2, -0.15) is 0 Å². The first-order valence-electron chi connectivity index (χ1n) is 14.6. The molecule has 3 amide bonds. The van der Waals surface area contributed by atoms with Crippen LogP contribution in [-0.4, -0.2) is 63.3 Å². The molecule has 0 spiro atoms. The Morgan fingerprint density at radius 3 is 1.93 bits per heavy atom. The normalized spacial score (nSPS) is 14.8. The smallest absolute Gasteiger partial charge is 0.264 e. The van der Waals surface area contributed by atoms with Crippen LogP contribution in [-0.2, 0) is 29.8 Å². The summed E-state index contributed by atoms with van der Waals surface area (Å²) < 4.78 is 27.6. The first kappa shape index (κ1) is 36.5. The topological polar surface area (TPSA) is 151 Å². The molecule has 0 bridgehead atoms. The van der Waals surface area contributed by atoms with Crippen molar-refractivity contribution in [1.82, 2.24) is 20.3 Å². The highest BCUT2D eigenvalue weighted by molar-refractivity contribution is 7.90. The molecule has 2 rings (SSSR count). The largest absolute Gasteiger partial charge is 0.399 e. The molecule has 0 heterocycles. The van der Waals surface area contributed by atoms with Crippen molar-refractivity contribution in [3.8, 4) is 0 Å². The summed E-state index contributed by atoms with van der Waals surface area (Å²) in [6, 6.07) is 13.1. The summed E-state index contributed by atoms with van der Waals surface area (Å²) >= 11 is 0. The molecule has 0 radical (unpaired) electrons. The van der Waals surface area contributed by atoms with Crippen LogP contribution >= 0.6 is 0 Å². The third kappa shape index (κ3) is 8.92. The molecule has 2 aromatic rings. The summed E-state index contributed by atoms with van der Waals surface area (Å²) in [6.07, 6.45) is 1.58. The maximum Gasteiger partial charge on any atom is 0.264 e. The van der Waals surface area contributed by atoms with Crippen molar-refractivity contribution in [2.24, 2.45) is 11.3 Å². The van der Waals surface area contributed by atoms with Crippen LogP contribution in [0.1, 0.15) is 61.0 Å². The minimum atomic E-state index is -4.13. The highest BCUT2D eigenvalue weighted by Gasteiger charge is 2.41. The quantitative estimate of drug-likeness (QED) is 0.207. The monoisotopic (exact) mass is 627 g/mol. The summed E-state index contributed by atoms with van der Waals surface area (Å²) in [5.41, 5.74) is 5.90. The number of likely N-dealkylation sites (N-methyl/N-ethyl adjacent to an activating group) is 2. The van der Waals surface area contributed by atoms with Gasteiger partial charge < -0.3 is 21.3 Å². The van der Waals surface area contributed by atoms with Gasteiger partial charge in [-0.25, -0.2) is 13.1 Å². The van der Waals surface area contributed by atoms with Gasteiger partial charge in [-0.3, -0.25) is 14.4 Å². The number of hydrogen-bond donors (Lipinski definition) is 4. The maximum absolute atomic E-state index is 14.0. The van der Waals surface area contributed by atoms with E-state index in [1.807, 2.05) is 78.8 Å². The van der Waals surface area contributed by atoms with E-state index >= 15 is 0 Å². The zero-order chi connectivity index (χ0) is 33.6. The van der Waals surface area contributed by atoms with E-state index in [0.717, 1.165) is 5.56 Å². The number of rotatable bonds is 12. The highest BCUT2D eigenvalue weighted by Crippen LogP contribution is 2.29. The number of carbonyl (C=O) groups is 3. The number of carbonyl (C=O) groups excluding carboxylic acids is 3. The van der Waals surface area contributed by atoms with E-state index in [1.165, 1.54) is 36.1 Å². The fraction of sp³-hybridized carbons (Fsp3) is 0.485. The Bertz CT molecular complexity index is 1450. The molecule has 0 aliphatic heterocycles. The number of nitrogen functional groups attached to an aromatic ring is 1. The van der Waals surface area contributed by atoms with Crippen LogP contribution in [0.5, 0.6) is 0 Å². The molecule has 2 aromatic carbocycles. The zero-order valence-corrected chi connectivity index (χ0v) is 28.4. The van der Waals surface area contributed by atoms with Gasteiger partial charge in [-0.1, -0.05) is 84.9 Å². The molecular weight excluding hydrogens is 578 g/mol. The van der Waals surface area contributed by atoms with E-state index in [4.69, 9.17) is 5.73 Å². The molecule has 0 saturated heterocycles. The molecule has 0 saturated carbocycles. The average Bonchev–Trinajstić information content (AvgIpc) is 2.93. The Labute approximate surface area is 262 Å². The number of amides is 3. The molecule has 1 unspecified atom stereocenters. The van der Waals surface area contributed by atoms with Crippen LogP contribution in [0.3, 0.4) is 0 Å². The number of nitrogens with one attached hydrogen (secondary N) is 3. The van der Waals surface area contributed by atoms with E-state index < -0.39 is 44.9 Å². The number of nitrogens with two attached hydrogens (primary N) is 1. The summed E-state index contributed by atoms with van der Waals surface area (Å²) in [4.78, 5) is 42.2. The Morgan fingerprint density at radius 1 is 0.909 bits per heavy atom. The van der Waals surface area contributed by atoms with Crippen molar-refractivity contribution in [3.63, 3.8) is 0 Å². The predicted molar refractivity (Wildman–Crippen MR) is 175 cm³/mol. The lowest BCUT2D eigenvalue weighted by Crippen LogP contribution is -2.61. The van der Waals surface area contributed by atoms with E-state index in [2.05, 4.69) is 15.4 Å². The zero-order valence-electron chi connectivity index (χ0n) is 27.6. The third-order valence-corrected chi connectivity index (χ3v) is 9.21. The summed E-state index contributed by atoms with van der Waals surface area (Å²) in [7, 11) is -0.796. The molecule has 0 aliphatic carbocycles. The first-order valence-corrected chi connectivity index (χ1v) is 16.1. The van der Waals surface area contributed by atoms with Crippen LogP contribution in [0.15, 0.2) is 71.1 Å². The Morgan fingerprint density at radius 2 is 1.45 bits per heavy atom. The molecule has 44 heavy (non-hydrogen) atoms. The minimum absolute atomic E-state index is 0.0976. The van der Waals surface area contributed by atoms with Gasteiger partial charge in [-0.15, -0.1) is 0 Å². The molecule has 0 fully saturated rings. The first-order chi connectivity index (χ1) is 20.2. The van der Waals surface area contributed by atoms with Crippen LogP contribution in [0.4, 0.5) is 5.69 Å². The van der Waals surface area contributed by atoms with Gasteiger partial charge >= 0.3 is 0 Å². The van der Waals surface area contributed by atoms with Gasteiger partial charge in [0.25, 0.3) is 15.9 Å². The number of benzene rings is 2. The summed E-state index contributed by atoms with van der Waals surface area (Å²) in [5.74, 6) is -1.60. The third-order valence-electron chi connectivity index (χ3n) is 7.86. The van der Waals surface area contributed by atoms with Gasteiger partial charge in [0.05, 0.1) is 17.0 Å². The molecule has 242 valence electrons. The number of nitrogens with zero attached hydrogens (tertiary/aromatic N) is 1. The average molecular weight is 628 g/mol. The van der Waals surface area contributed by atoms with E-state index in [1.54, 1.807) is 20.2 Å². The number of sulfonamides is 1. The van der Waals surface area contributed by atoms with Crippen LogP contribution in [0.25, 0.3) is 0 Å². The van der Waals surface area contributed by atoms with E-state index in [0.29, 0.717) is 5.69 Å². The van der Waals surface area contributed by atoms with Crippen molar-refractivity contribution < 1.29 is 22.8 Å². The van der Waals surface area contributed by atoms with E-state index in [9.17, 15) is 22.8 Å². The van der Waals surface area contributed by atoms with Crippen LogP contribution in [0, 0.1) is 11.3 Å². The maximum atomic E-state index is 14.0. The van der Waals surface area contributed by atoms with Gasteiger partial charge in [0.2, 0.25) is 11.8 Å². The standard InChI is InChI=1S/C33H49N5O5S/c1-21(2)26(20-22(3)29(39)37-44(42,43)25-18-16-24(34)17-19-25)38(10)31(41)28(32(4,5)6)36-30(40)27(35-9)33(7,8)23-14-12-11-13-15-23/h11-21,26-28,35H,34H2,1-10H3,(H,36,40)(H,37,39)/b22-20+/t26-,27-,28?/m1/s1. The number of hydrogen-bond acceptors (Lipinski definition) is 7. The Kier molecular flexibility index (Phi) is 11.9. The second-order valence-corrected chi connectivity index (χ2v) is 14.8. The van der Waals surface area contributed by atoms with Crippen molar-refractivity contribution in [3.05, 3.63) is 71.8 Å². The lowest BCUT2D eigenvalue weighted by atomic mass is 9.76. The Balaban J connectivity index is 2.33. The highest BCUT2D eigenvalue weighted by atomic mass is 32.2. The predicted octanol–water partition coefficient (Wildman–Crippen LogP) is 3.60. The molecule has 5 N–H and O–H groups in total. The van der Waals surface area contributed by atoms with E-state index in [-0.39, 0.29) is 28.2 Å². The van der Waals surface area contributed by atoms with Crippen molar-refractivity contribution in [1.29, 1.82) is 0 Å². The van der Waals surface area contributed by atoms with Crippen LogP contribution < -0.4 is 21.1 Å². The minimum Gasteiger partial charge on any atom is -0.399 e. The van der Waals surface area contributed by atoms with Gasteiger partial charge in [0, 0.05) is 23.7 Å².